The van der Waals surface area contributed by atoms with Crippen molar-refractivity contribution in [3.8, 4) is 5.75 Å². The highest BCUT2D eigenvalue weighted by molar-refractivity contribution is 5.41. The molecule has 0 atom stereocenters. The molecule has 1 rings (SSSR count). The number of halogens is 6. The SMILES string of the molecule is Oc1c(CC(F)(F)F)cccc1CC(F)(F)F. The third-order valence-electron chi connectivity index (χ3n) is 1.98. The Morgan fingerprint density at radius 3 is 1.47 bits per heavy atom. The molecule has 17 heavy (non-hydrogen) atoms. The molecule has 96 valence electrons. The second-order valence-electron chi connectivity index (χ2n) is 3.51. The van der Waals surface area contributed by atoms with Gasteiger partial charge in [-0.1, -0.05) is 18.2 Å². The summed E-state index contributed by atoms with van der Waals surface area (Å²) >= 11 is 0. The highest BCUT2D eigenvalue weighted by Gasteiger charge is 2.32. The second kappa shape index (κ2) is 4.46. The number of phenols is 1. The molecule has 1 nitrogen and oxygen atoms in total. The average Bonchev–Trinajstić information content (AvgIpc) is 2.07. The summed E-state index contributed by atoms with van der Waals surface area (Å²) in [6.45, 7) is 0. The minimum Gasteiger partial charge on any atom is -0.507 e. The van der Waals surface area contributed by atoms with E-state index < -0.39 is 42.1 Å². The molecule has 1 N–H and O–H groups in total. The maximum atomic E-state index is 12.1. The quantitative estimate of drug-likeness (QED) is 0.803. The Morgan fingerprint density at radius 1 is 0.824 bits per heavy atom. The van der Waals surface area contributed by atoms with E-state index in [9.17, 15) is 31.4 Å². The fourth-order valence-electron chi connectivity index (χ4n) is 1.36. The molecule has 7 heteroatoms. The zero-order chi connectivity index (χ0) is 13.3. The largest absolute Gasteiger partial charge is 0.507 e. The molecule has 1 aromatic carbocycles. The van der Waals surface area contributed by atoms with Crippen LogP contribution >= 0.6 is 0 Å². The van der Waals surface area contributed by atoms with Gasteiger partial charge in [0, 0.05) is 11.1 Å². The number of hydrogen-bond acceptors (Lipinski definition) is 1. The molecule has 0 aromatic heterocycles. The van der Waals surface area contributed by atoms with Crippen LogP contribution in [-0.4, -0.2) is 17.5 Å². The monoisotopic (exact) mass is 258 g/mol. The molecule has 0 aliphatic heterocycles. The van der Waals surface area contributed by atoms with Gasteiger partial charge in [-0.15, -0.1) is 0 Å². The van der Waals surface area contributed by atoms with E-state index in [0.29, 0.717) is 0 Å². The molecule has 0 aliphatic carbocycles. The number of alkyl halides is 6. The number of hydrogen-bond donors (Lipinski definition) is 1. The van der Waals surface area contributed by atoms with Gasteiger partial charge in [0.15, 0.2) is 0 Å². The summed E-state index contributed by atoms with van der Waals surface area (Å²) in [6, 6.07) is 2.95. The minimum atomic E-state index is -4.58. The normalized spacial score (nSPS) is 12.8. The van der Waals surface area contributed by atoms with E-state index in [4.69, 9.17) is 0 Å². The molecular weight excluding hydrogens is 250 g/mol. The number of benzene rings is 1. The Hall–Kier alpha value is -1.40. The van der Waals surface area contributed by atoms with Crippen LogP contribution in [0.3, 0.4) is 0 Å². The third kappa shape index (κ3) is 4.54. The lowest BCUT2D eigenvalue weighted by Crippen LogP contribution is -2.14. The highest BCUT2D eigenvalue weighted by Crippen LogP contribution is 2.32. The Balaban J connectivity index is 3.00. The van der Waals surface area contributed by atoms with Crippen LogP contribution in [0.2, 0.25) is 0 Å². The number of aromatic hydroxyl groups is 1. The number of para-hydroxylation sites is 1. The first-order valence-electron chi connectivity index (χ1n) is 4.52. The van der Waals surface area contributed by atoms with Crippen LogP contribution in [0.5, 0.6) is 5.75 Å². The summed E-state index contributed by atoms with van der Waals surface area (Å²) in [6.07, 6.45) is -12.1. The van der Waals surface area contributed by atoms with Crippen molar-refractivity contribution in [3.05, 3.63) is 29.3 Å². The van der Waals surface area contributed by atoms with Crippen molar-refractivity contribution in [2.24, 2.45) is 0 Å². The van der Waals surface area contributed by atoms with E-state index in [0.717, 1.165) is 18.2 Å². The Bertz CT molecular complexity index is 359. The van der Waals surface area contributed by atoms with E-state index in [1.54, 1.807) is 0 Å². The van der Waals surface area contributed by atoms with Crippen LogP contribution < -0.4 is 0 Å². The Labute approximate surface area is 92.7 Å². The van der Waals surface area contributed by atoms with E-state index >= 15 is 0 Å². The van der Waals surface area contributed by atoms with Crippen LogP contribution in [0, 0.1) is 0 Å². The molecular formula is C10H8F6O. The first-order chi connectivity index (χ1) is 7.58. The number of rotatable bonds is 2. The van der Waals surface area contributed by atoms with Gasteiger partial charge in [0.05, 0.1) is 12.8 Å². The van der Waals surface area contributed by atoms with Crippen molar-refractivity contribution in [1.82, 2.24) is 0 Å². The summed E-state index contributed by atoms with van der Waals surface area (Å²) < 4.78 is 72.3. The minimum absolute atomic E-state index is 0.556. The van der Waals surface area contributed by atoms with Gasteiger partial charge in [0.1, 0.15) is 5.75 Å². The molecule has 0 heterocycles. The van der Waals surface area contributed by atoms with Crippen LogP contribution in [0.15, 0.2) is 18.2 Å². The van der Waals surface area contributed by atoms with Crippen molar-refractivity contribution >= 4 is 0 Å². The summed E-state index contributed by atoms with van der Waals surface area (Å²) in [5.41, 5.74) is -1.11. The average molecular weight is 258 g/mol. The zero-order valence-electron chi connectivity index (χ0n) is 8.36. The van der Waals surface area contributed by atoms with Gasteiger partial charge in [0.2, 0.25) is 0 Å². The molecule has 0 saturated carbocycles. The van der Waals surface area contributed by atoms with Gasteiger partial charge in [-0.05, 0) is 0 Å². The number of phenolic OH excluding ortho intramolecular Hbond substituents is 1. The van der Waals surface area contributed by atoms with Gasteiger partial charge in [0.25, 0.3) is 0 Å². The van der Waals surface area contributed by atoms with Gasteiger partial charge < -0.3 is 5.11 Å². The molecule has 0 spiro atoms. The molecule has 0 unspecified atom stereocenters. The lowest BCUT2D eigenvalue weighted by Gasteiger charge is -2.12. The van der Waals surface area contributed by atoms with Crippen LogP contribution in [0.1, 0.15) is 11.1 Å². The van der Waals surface area contributed by atoms with Crippen LogP contribution in [0.4, 0.5) is 26.3 Å². The Morgan fingerprint density at radius 2 is 1.18 bits per heavy atom. The van der Waals surface area contributed by atoms with Crippen LogP contribution in [-0.2, 0) is 12.8 Å². The maximum absolute atomic E-state index is 12.1. The fraction of sp³-hybridized carbons (Fsp3) is 0.400. The lowest BCUT2D eigenvalue weighted by atomic mass is 10.0. The van der Waals surface area contributed by atoms with E-state index in [1.165, 1.54) is 0 Å². The van der Waals surface area contributed by atoms with Crippen molar-refractivity contribution in [1.29, 1.82) is 0 Å². The summed E-state index contributed by atoms with van der Waals surface area (Å²) in [5.74, 6) is -0.942. The summed E-state index contributed by atoms with van der Waals surface area (Å²) in [7, 11) is 0. The first-order valence-corrected chi connectivity index (χ1v) is 4.52. The molecule has 0 radical (unpaired) electrons. The van der Waals surface area contributed by atoms with E-state index in [-0.39, 0.29) is 0 Å². The first kappa shape index (κ1) is 13.7. The second-order valence-corrected chi connectivity index (χ2v) is 3.51. The Kier molecular flexibility index (Phi) is 3.59. The highest BCUT2D eigenvalue weighted by atomic mass is 19.4. The van der Waals surface area contributed by atoms with Crippen molar-refractivity contribution in [3.63, 3.8) is 0 Å². The van der Waals surface area contributed by atoms with E-state index in [1.807, 2.05) is 0 Å². The van der Waals surface area contributed by atoms with E-state index in [2.05, 4.69) is 0 Å². The fourth-order valence-corrected chi connectivity index (χ4v) is 1.36. The van der Waals surface area contributed by atoms with Gasteiger partial charge >= 0.3 is 12.4 Å². The standard InChI is InChI=1S/C10H8F6O/c11-9(12,13)4-6-2-1-3-7(8(6)17)5-10(14,15)16/h1-3,17H,4-5H2. The molecule has 0 amide bonds. The predicted octanol–water partition coefficient (Wildman–Crippen LogP) is 3.60. The summed E-state index contributed by atoms with van der Waals surface area (Å²) in [4.78, 5) is 0. The van der Waals surface area contributed by atoms with Gasteiger partial charge in [-0.2, -0.15) is 26.3 Å². The molecule has 1 aromatic rings. The third-order valence-corrected chi connectivity index (χ3v) is 1.98. The van der Waals surface area contributed by atoms with Crippen LogP contribution in [0.25, 0.3) is 0 Å². The molecule has 0 fully saturated rings. The molecule has 0 saturated heterocycles. The smallest absolute Gasteiger partial charge is 0.393 e. The van der Waals surface area contributed by atoms with Gasteiger partial charge in [-0.3, -0.25) is 0 Å². The predicted molar refractivity (Wildman–Crippen MR) is 47.6 cm³/mol. The lowest BCUT2D eigenvalue weighted by molar-refractivity contribution is -0.127. The van der Waals surface area contributed by atoms with Crippen molar-refractivity contribution in [2.75, 3.05) is 0 Å². The maximum Gasteiger partial charge on any atom is 0.393 e. The zero-order valence-corrected chi connectivity index (χ0v) is 8.36. The van der Waals surface area contributed by atoms with Crippen molar-refractivity contribution in [2.45, 2.75) is 25.2 Å². The van der Waals surface area contributed by atoms with Gasteiger partial charge in [-0.25, -0.2) is 0 Å². The summed E-state index contributed by atoms with van der Waals surface area (Å²) in [5, 5.41) is 9.32. The van der Waals surface area contributed by atoms with Crippen molar-refractivity contribution < 1.29 is 31.4 Å². The molecule has 0 bridgehead atoms. The topological polar surface area (TPSA) is 20.2 Å². The molecule has 0 aliphatic rings.